The van der Waals surface area contributed by atoms with Gasteiger partial charge in [-0.05, 0) is 26.0 Å². The Bertz CT molecular complexity index is 228. The van der Waals surface area contributed by atoms with Gasteiger partial charge in [0.15, 0.2) is 0 Å². The van der Waals surface area contributed by atoms with E-state index in [9.17, 15) is 4.39 Å². The van der Waals surface area contributed by atoms with Crippen LogP contribution < -0.4 is 5.32 Å². The molecule has 0 bridgehead atoms. The highest BCUT2D eigenvalue weighted by molar-refractivity contribution is 5.33. The summed E-state index contributed by atoms with van der Waals surface area (Å²) in [6.45, 7) is 3.34. The molecule has 0 aromatic carbocycles. The SMILES string of the molecule is CC(C)(F)CNc1ccccn1. The lowest BCUT2D eigenvalue weighted by Gasteiger charge is -2.14. The summed E-state index contributed by atoms with van der Waals surface area (Å²) in [6, 6.07) is 5.50. The van der Waals surface area contributed by atoms with Crippen LogP contribution in [-0.2, 0) is 0 Å². The lowest BCUT2D eigenvalue weighted by Crippen LogP contribution is -2.24. The molecular formula is C9H13FN2. The number of anilines is 1. The molecule has 1 N–H and O–H groups in total. The Morgan fingerprint density at radius 1 is 1.50 bits per heavy atom. The van der Waals surface area contributed by atoms with Crippen molar-refractivity contribution >= 4 is 5.82 Å². The van der Waals surface area contributed by atoms with Crippen molar-refractivity contribution in [1.82, 2.24) is 4.98 Å². The van der Waals surface area contributed by atoms with Gasteiger partial charge in [-0.15, -0.1) is 0 Å². The molecule has 1 aromatic rings. The molecular weight excluding hydrogens is 155 g/mol. The van der Waals surface area contributed by atoms with Crippen LogP contribution in [0.15, 0.2) is 24.4 Å². The van der Waals surface area contributed by atoms with Crippen LogP contribution in [-0.4, -0.2) is 17.2 Å². The second-order valence-electron chi connectivity index (χ2n) is 3.29. The second-order valence-corrected chi connectivity index (χ2v) is 3.29. The van der Waals surface area contributed by atoms with Crippen molar-refractivity contribution < 1.29 is 4.39 Å². The van der Waals surface area contributed by atoms with Crippen molar-refractivity contribution in [1.29, 1.82) is 0 Å². The van der Waals surface area contributed by atoms with Crippen LogP contribution in [0.4, 0.5) is 10.2 Å². The fourth-order valence-electron chi connectivity index (χ4n) is 0.768. The van der Waals surface area contributed by atoms with E-state index in [0.717, 1.165) is 0 Å². The fourth-order valence-corrected chi connectivity index (χ4v) is 0.768. The zero-order valence-electron chi connectivity index (χ0n) is 7.34. The Labute approximate surface area is 71.8 Å². The Morgan fingerprint density at radius 3 is 2.75 bits per heavy atom. The zero-order chi connectivity index (χ0) is 9.03. The van der Waals surface area contributed by atoms with E-state index in [1.807, 2.05) is 18.2 Å². The third kappa shape index (κ3) is 3.32. The Kier molecular flexibility index (Phi) is 2.63. The van der Waals surface area contributed by atoms with Gasteiger partial charge in [-0.25, -0.2) is 9.37 Å². The number of halogens is 1. The topological polar surface area (TPSA) is 24.9 Å². The number of hydrogen-bond donors (Lipinski definition) is 1. The molecule has 0 aliphatic heterocycles. The summed E-state index contributed by atoms with van der Waals surface area (Å²) in [6.07, 6.45) is 1.67. The van der Waals surface area contributed by atoms with Gasteiger partial charge < -0.3 is 5.32 Å². The molecule has 66 valence electrons. The minimum atomic E-state index is -1.20. The molecule has 0 atom stereocenters. The molecule has 1 aromatic heterocycles. The van der Waals surface area contributed by atoms with E-state index in [1.165, 1.54) is 13.8 Å². The lowest BCUT2D eigenvalue weighted by molar-refractivity contribution is 0.235. The maximum absolute atomic E-state index is 13.0. The molecule has 0 aliphatic rings. The van der Waals surface area contributed by atoms with Crippen LogP contribution in [0, 0.1) is 0 Å². The Hall–Kier alpha value is -1.12. The third-order valence-corrected chi connectivity index (χ3v) is 1.35. The monoisotopic (exact) mass is 168 g/mol. The van der Waals surface area contributed by atoms with Gasteiger partial charge in [-0.1, -0.05) is 6.07 Å². The zero-order valence-corrected chi connectivity index (χ0v) is 7.34. The minimum absolute atomic E-state index is 0.282. The highest BCUT2D eigenvalue weighted by atomic mass is 19.1. The quantitative estimate of drug-likeness (QED) is 0.748. The molecule has 0 radical (unpaired) electrons. The van der Waals surface area contributed by atoms with Gasteiger partial charge in [0.2, 0.25) is 0 Å². The third-order valence-electron chi connectivity index (χ3n) is 1.35. The van der Waals surface area contributed by atoms with Gasteiger partial charge in [0.05, 0.1) is 0 Å². The van der Waals surface area contributed by atoms with Gasteiger partial charge in [0, 0.05) is 12.7 Å². The first-order valence-electron chi connectivity index (χ1n) is 3.92. The van der Waals surface area contributed by atoms with E-state index in [0.29, 0.717) is 5.82 Å². The van der Waals surface area contributed by atoms with E-state index >= 15 is 0 Å². The number of hydrogen-bond acceptors (Lipinski definition) is 2. The van der Waals surface area contributed by atoms with Gasteiger partial charge in [-0.2, -0.15) is 0 Å². The maximum atomic E-state index is 13.0. The molecule has 0 amide bonds. The molecule has 2 nitrogen and oxygen atoms in total. The maximum Gasteiger partial charge on any atom is 0.125 e. The summed E-state index contributed by atoms with van der Waals surface area (Å²) in [5.74, 6) is 0.711. The molecule has 0 saturated heterocycles. The van der Waals surface area contributed by atoms with Crippen molar-refractivity contribution in [3.05, 3.63) is 24.4 Å². The number of nitrogens with zero attached hydrogens (tertiary/aromatic N) is 1. The predicted octanol–water partition coefficient (Wildman–Crippen LogP) is 2.24. The normalized spacial score (nSPS) is 11.2. The summed E-state index contributed by atoms with van der Waals surface area (Å²) in [5.41, 5.74) is -1.20. The van der Waals surface area contributed by atoms with E-state index in [1.54, 1.807) is 6.20 Å². The Morgan fingerprint density at radius 2 is 2.25 bits per heavy atom. The number of nitrogens with one attached hydrogen (secondary N) is 1. The largest absolute Gasteiger partial charge is 0.367 e. The average Bonchev–Trinajstić information content (AvgIpc) is 2.02. The van der Waals surface area contributed by atoms with Crippen molar-refractivity contribution in [2.75, 3.05) is 11.9 Å². The van der Waals surface area contributed by atoms with E-state index in [4.69, 9.17) is 0 Å². The summed E-state index contributed by atoms with van der Waals surface area (Å²) in [7, 11) is 0. The first kappa shape index (κ1) is 8.97. The molecule has 3 heteroatoms. The highest BCUT2D eigenvalue weighted by Crippen LogP contribution is 2.09. The summed E-state index contributed by atoms with van der Waals surface area (Å²) in [4.78, 5) is 4.00. The summed E-state index contributed by atoms with van der Waals surface area (Å²) in [5, 5.41) is 2.90. The molecule has 0 aliphatic carbocycles. The number of rotatable bonds is 3. The summed E-state index contributed by atoms with van der Waals surface area (Å²) >= 11 is 0. The molecule has 0 fully saturated rings. The van der Waals surface area contributed by atoms with Crippen LogP contribution in [0.2, 0.25) is 0 Å². The van der Waals surface area contributed by atoms with E-state index in [-0.39, 0.29) is 6.54 Å². The molecule has 1 heterocycles. The van der Waals surface area contributed by atoms with Crippen molar-refractivity contribution in [3.8, 4) is 0 Å². The first-order chi connectivity index (χ1) is 5.58. The smallest absolute Gasteiger partial charge is 0.125 e. The van der Waals surface area contributed by atoms with Crippen LogP contribution in [0.3, 0.4) is 0 Å². The predicted molar refractivity (Wildman–Crippen MR) is 47.9 cm³/mol. The fraction of sp³-hybridized carbons (Fsp3) is 0.444. The average molecular weight is 168 g/mol. The van der Waals surface area contributed by atoms with Gasteiger partial charge in [-0.3, -0.25) is 0 Å². The van der Waals surface area contributed by atoms with Gasteiger partial charge >= 0.3 is 0 Å². The number of alkyl halides is 1. The molecule has 1 rings (SSSR count). The molecule has 0 saturated carbocycles. The Balaban J connectivity index is 2.44. The van der Waals surface area contributed by atoms with Crippen LogP contribution in [0.25, 0.3) is 0 Å². The van der Waals surface area contributed by atoms with Crippen molar-refractivity contribution in [2.24, 2.45) is 0 Å². The number of aromatic nitrogens is 1. The van der Waals surface area contributed by atoms with Crippen molar-refractivity contribution in [3.63, 3.8) is 0 Å². The summed E-state index contributed by atoms with van der Waals surface area (Å²) < 4.78 is 13.0. The van der Waals surface area contributed by atoms with Crippen LogP contribution >= 0.6 is 0 Å². The molecule has 12 heavy (non-hydrogen) atoms. The van der Waals surface area contributed by atoms with Crippen LogP contribution in [0.5, 0.6) is 0 Å². The minimum Gasteiger partial charge on any atom is -0.367 e. The van der Waals surface area contributed by atoms with Gasteiger partial charge in [0.25, 0.3) is 0 Å². The number of pyridine rings is 1. The second kappa shape index (κ2) is 3.52. The van der Waals surface area contributed by atoms with Gasteiger partial charge in [0.1, 0.15) is 11.5 Å². The van der Waals surface area contributed by atoms with E-state index < -0.39 is 5.67 Å². The standard InChI is InChI=1S/C9H13FN2/c1-9(2,10)7-12-8-5-3-4-6-11-8/h3-6H,7H2,1-2H3,(H,11,12). The molecule has 0 unspecified atom stereocenters. The highest BCUT2D eigenvalue weighted by Gasteiger charge is 2.14. The van der Waals surface area contributed by atoms with E-state index in [2.05, 4.69) is 10.3 Å². The lowest BCUT2D eigenvalue weighted by atomic mass is 10.2. The van der Waals surface area contributed by atoms with Crippen LogP contribution in [0.1, 0.15) is 13.8 Å². The first-order valence-corrected chi connectivity index (χ1v) is 3.92. The van der Waals surface area contributed by atoms with Crippen molar-refractivity contribution in [2.45, 2.75) is 19.5 Å². The molecule has 0 spiro atoms.